The second-order valence-corrected chi connectivity index (χ2v) is 13.7. The van der Waals surface area contributed by atoms with Crippen molar-refractivity contribution in [1.29, 1.82) is 0 Å². The Morgan fingerprint density at radius 1 is 0.714 bits per heavy atom. The number of hydrogen-bond donors (Lipinski definition) is 2. The van der Waals surface area contributed by atoms with E-state index in [1.165, 1.54) is 39.0 Å². The Balaban J connectivity index is 1.90. The van der Waals surface area contributed by atoms with Gasteiger partial charge in [-0.25, -0.2) is 0 Å². The molecule has 0 spiro atoms. The van der Waals surface area contributed by atoms with Gasteiger partial charge in [0, 0.05) is 5.92 Å². The quantitative estimate of drug-likeness (QED) is 0.203. The summed E-state index contributed by atoms with van der Waals surface area (Å²) in [5, 5.41) is 20.2. The topological polar surface area (TPSA) is 40.5 Å². The van der Waals surface area contributed by atoms with Gasteiger partial charge in [-0.1, -0.05) is 152 Å². The van der Waals surface area contributed by atoms with Crippen molar-refractivity contribution in [2.45, 2.75) is 101 Å². The van der Waals surface area contributed by atoms with Gasteiger partial charge in [0.15, 0.2) is 0 Å². The minimum atomic E-state index is -0.331. The van der Waals surface area contributed by atoms with Gasteiger partial charge in [-0.15, -0.1) is 0 Å². The molecule has 0 heterocycles. The Kier molecular flexibility index (Phi) is 13.5. The van der Waals surface area contributed by atoms with Crippen LogP contribution < -0.4 is 0 Å². The highest BCUT2D eigenvalue weighted by atomic mass is 16.3. The van der Waals surface area contributed by atoms with Crippen LogP contribution in [0.4, 0.5) is 0 Å². The highest BCUT2D eigenvalue weighted by molar-refractivity contribution is 5.38. The maximum absolute atomic E-state index is 10.1. The van der Waals surface area contributed by atoms with Gasteiger partial charge < -0.3 is 10.2 Å². The molecule has 0 aromatic rings. The van der Waals surface area contributed by atoms with E-state index in [4.69, 9.17) is 0 Å². The lowest BCUT2D eigenvalue weighted by Gasteiger charge is -2.38. The predicted octanol–water partition coefficient (Wildman–Crippen LogP) is 10.4. The average Bonchev–Trinajstić information content (AvgIpc) is 2.84. The van der Waals surface area contributed by atoms with Gasteiger partial charge in [0.05, 0.1) is 12.2 Å². The van der Waals surface area contributed by atoms with Crippen molar-refractivity contribution in [3.63, 3.8) is 0 Å². The summed E-state index contributed by atoms with van der Waals surface area (Å²) in [7, 11) is 0. The summed E-state index contributed by atoms with van der Waals surface area (Å²) in [5.41, 5.74) is 8.73. The molecule has 0 aromatic carbocycles. The van der Waals surface area contributed by atoms with Crippen LogP contribution in [0.5, 0.6) is 0 Å². The zero-order valence-electron chi connectivity index (χ0n) is 27.9. The molecule has 0 aliphatic heterocycles. The summed E-state index contributed by atoms with van der Waals surface area (Å²) in [6.45, 7) is 21.6. The van der Waals surface area contributed by atoms with Crippen molar-refractivity contribution in [3.05, 3.63) is 130 Å². The van der Waals surface area contributed by atoms with Gasteiger partial charge in [0.25, 0.3) is 0 Å². The van der Waals surface area contributed by atoms with E-state index >= 15 is 0 Å². The van der Waals surface area contributed by atoms with E-state index in [9.17, 15) is 10.2 Å². The summed E-state index contributed by atoms with van der Waals surface area (Å²) in [4.78, 5) is 0. The monoisotopic (exact) mass is 568 g/mol. The van der Waals surface area contributed by atoms with Gasteiger partial charge in [-0.05, 0) is 77.2 Å². The molecule has 0 bridgehead atoms. The number of aliphatic hydroxyl groups excluding tert-OH is 2. The normalized spacial score (nSPS) is 26.6. The van der Waals surface area contributed by atoms with Gasteiger partial charge in [-0.3, -0.25) is 0 Å². The minimum Gasteiger partial charge on any atom is -0.393 e. The molecule has 2 N–H and O–H groups in total. The largest absolute Gasteiger partial charge is 0.393 e. The van der Waals surface area contributed by atoms with Crippen molar-refractivity contribution >= 4 is 0 Å². The zero-order valence-corrected chi connectivity index (χ0v) is 27.9. The van der Waals surface area contributed by atoms with Crippen LogP contribution in [0.1, 0.15) is 88.5 Å². The average molecular weight is 569 g/mol. The molecule has 0 saturated heterocycles. The van der Waals surface area contributed by atoms with E-state index < -0.39 is 0 Å². The first-order valence-electron chi connectivity index (χ1n) is 15.4. The summed E-state index contributed by atoms with van der Waals surface area (Å²) in [6, 6.07) is 0. The highest BCUT2D eigenvalue weighted by Crippen LogP contribution is 2.42. The van der Waals surface area contributed by atoms with Crippen molar-refractivity contribution in [1.82, 2.24) is 0 Å². The lowest BCUT2D eigenvalue weighted by atomic mass is 9.67. The fraction of sp³-hybridized carbons (Fsp3) is 0.450. The number of allylic oxidation sites excluding steroid dienone is 20. The first-order chi connectivity index (χ1) is 19.6. The minimum absolute atomic E-state index is 0.00528. The molecule has 2 heteroatoms. The van der Waals surface area contributed by atoms with Crippen molar-refractivity contribution in [3.8, 4) is 0 Å². The van der Waals surface area contributed by atoms with Crippen LogP contribution in [-0.2, 0) is 0 Å². The predicted molar refractivity (Wildman–Crippen MR) is 184 cm³/mol. The second-order valence-electron chi connectivity index (χ2n) is 13.7. The molecule has 228 valence electrons. The molecule has 2 rings (SSSR count). The first-order valence-corrected chi connectivity index (χ1v) is 15.4. The molecule has 0 saturated carbocycles. The Morgan fingerprint density at radius 3 is 1.74 bits per heavy atom. The van der Waals surface area contributed by atoms with E-state index in [0.29, 0.717) is 5.92 Å². The molecular formula is C40H56O2. The lowest BCUT2D eigenvalue weighted by Crippen LogP contribution is -2.32. The Bertz CT molecular complexity index is 1270. The van der Waals surface area contributed by atoms with Gasteiger partial charge >= 0.3 is 0 Å². The van der Waals surface area contributed by atoms with E-state index in [2.05, 4.69) is 154 Å². The molecule has 2 aliphatic rings. The van der Waals surface area contributed by atoms with Gasteiger partial charge in [-0.2, -0.15) is 0 Å². The highest BCUT2D eigenvalue weighted by Gasteiger charge is 2.34. The standard InChI is InChI=1S/C40H56O2/c1-29(17-13-19-31(3)21-23-37-33(5)25-35(41)27-39(37,7)8)15-11-12-16-30(2)18-14-20-32(4)22-24-38-34(6)26-36(42)28-40(38,9)10/h11-25,35-37,41-42H,26-28H2,1-10H3/b12-11+,17-13+,18-14+,23-21+,24-22+,29-15+,30-16+,31-19+,32-20+/t35-,36-,37+/m0/s1. The van der Waals surface area contributed by atoms with Crippen LogP contribution in [0.15, 0.2) is 130 Å². The van der Waals surface area contributed by atoms with Crippen molar-refractivity contribution in [2.75, 3.05) is 0 Å². The smallest absolute Gasteiger partial charge is 0.0729 e. The molecule has 0 unspecified atom stereocenters. The second kappa shape index (κ2) is 16.1. The maximum atomic E-state index is 10.1. The molecule has 0 aromatic heterocycles. The first kappa shape index (κ1) is 35.3. The Morgan fingerprint density at radius 2 is 1.21 bits per heavy atom. The van der Waals surface area contributed by atoms with E-state index in [-0.39, 0.29) is 23.0 Å². The third kappa shape index (κ3) is 11.7. The Hall–Kier alpha value is -2.94. The zero-order chi connectivity index (χ0) is 31.5. The van der Waals surface area contributed by atoms with Crippen LogP contribution in [0, 0.1) is 16.7 Å². The van der Waals surface area contributed by atoms with Crippen LogP contribution in [0.25, 0.3) is 0 Å². The Labute approximate surface area is 257 Å². The molecule has 3 atom stereocenters. The molecule has 2 nitrogen and oxygen atoms in total. The molecule has 42 heavy (non-hydrogen) atoms. The van der Waals surface area contributed by atoms with Gasteiger partial charge in [0.2, 0.25) is 0 Å². The van der Waals surface area contributed by atoms with Crippen LogP contribution in [0.2, 0.25) is 0 Å². The molecule has 2 aliphatic carbocycles. The fourth-order valence-corrected chi connectivity index (χ4v) is 6.14. The number of hydrogen-bond acceptors (Lipinski definition) is 2. The summed E-state index contributed by atoms with van der Waals surface area (Å²) in [6.07, 6.45) is 33.8. The summed E-state index contributed by atoms with van der Waals surface area (Å²) in [5.74, 6) is 0.348. The third-order valence-electron chi connectivity index (χ3n) is 8.33. The fourth-order valence-electron chi connectivity index (χ4n) is 6.14. The van der Waals surface area contributed by atoms with Crippen LogP contribution in [-0.4, -0.2) is 22.4 Å². The molecule has 0 radical (unpaired) electrons. The third-order valence-corrected chi connectivity index (χ3v) is 8.33. The van der Waals surface area contributed by atoms with Crippen molar-refractivity contribution in [2.24, 2.45) is 16.7 Å². The maximum Gasteiger partial charge on any atom is 0.0729 e. The van der Waals surface area contributed by atoms with Crippen molar-refractivity contribution < 1.29 is 10.2 Å². The van der Waals surface area contributed by atoms with E-state index in [1.807, 2.05) is 6.08 Å². The van der Waals surface area contributed by atoms with E-state index in [0.717, 1.165) is 19.3 Å². The van der Waals surface area contributed by atoms with Crippen LogP contribution in [0.3, 0.4) is 0 Å². The van der Waals surface area contributed by atoms with Gasteiger partial charge in [0.1, 0.15) is 0 Å². The van der Waals surface area contributed by atoms with Crippen LogP contribution >= 0.6 is 0 Å². The van der Waals surface area contributed by atoms with E-state index in [1.54, 1.807) is 0 Å². The number of rotatable bonds is 10. The summed E-state index contributed by atoms with van der Waals surface area (Å²) >= 11 is 0. The number of aliphatic hydroxyl groups is 2. The lowest BCUT2D eigenvalue weighted by molar-refractivity contribution is 0.116. The molecule has 0 fully saturated rings. The summed E-state index contributed by atoms with van der Waals surface area (Å²) < 4.78 is 0. The SMILES string of the molecule is CC1=C[C@H](O)CC(C)(C)[C@@H]1/C=C/C(C)=C/C=C/C(C)=C/C=C/C=C(C)/C=C/C=C(C)/C=C/C1=C(C)C[C@H](O)CC1(C)C. The molecular weight excluding hydrogens is 512 g/mol. The molecule has 0 amide bonds.